The molecule has 2 nitrogen and oxygen atoms in total. The molecule has 98 valence electrons. The number of hydrogen-bond donors (Lipinski definition) is 1. The van der Waals surface area contributed by atoms with Crippen molar-refractivity contribution in [1.29, 1.82) is 5.26 Å². The predicted octanol–water partition coefficient (Wildman–Crippen LogP) is 4.22. The SMILES string of the molecule is CC(Nc1ccc(Cl)c(C#N)c1)C1CC2C=CC1C2. The van der Waals surface area contributed by atoms with Crippen LogP contribution < -0.4 is 5.32 Å². The van der Waals surface area contributed by atoms with Crippen molar-refractivity contribution >= 4 is 17.3 Å². The predicted molar refractivity (Wildman–Crippen MR) is 78.1 cm³/mol. The van der Waals surface area contributed by atoms with Crippen LogP contribution in [-0.4, -0.2) is 6.04 Å². The topological polar surface area (TPSA) is 35.8 Å². The summed E-state index contributed by atoms with van der Waals surface area (Å²) in [5.74, 6) is 2.23. The van der Waals surface area contributed by atoms with Crippen molar-refractivity contribution in [3.05, 3.63) is 40.9 Å². The standard InChI is InChI=1S/C16H17ClN2/c1-10(15-7-11-2-3-12(15)6-11)19-14-4-5-16(17)13(8-14)9-18/h2-5,8,10-12,15,19H,6-7H2,1H3. The number of nitrogens with one attached hydrogen (secondary N) is 1. The zero-order chi connectivity index (χ0) is 13.4. The highest BCUT2D eigenvalue weighted by Gasteiger charge is 2.38. The maximum absolute atomic E-state index is 9.00. The molecule has 0 aliphatic heterocycles. The first-order valence-electron chi connectivity index (χ1n) is 6.82. The summed E-state index contributed by atoms with van der Waals surface area (Å²) < 4.78 is 0. The van der Waals surface area contributed by atoms with E-state index in [4.69, 9.17) is 16.9 Å². The number of fused-ring (bicyclic) bond motifs is 2. The van der Waals surface area contributed by atoms with E-state index in [0.29, 0.717) is 22.5 Å². The lowest BCUT2D eigenvalue weighted by Gasteiger charge is -2.27. The van der Waals surface area contributed by atoms with Crippen molar-refractivity contribution in [3.8, 4) is 6.07 Å². The zero-order valence-electron chi connectivity index (χ0n) is 10.9. The van der Waals surface area contributed by atoms with Gasteiger partial charge in [0.05, 0.1) is 10.6 Å². The molecule has 1 N–H and O–H groups in total. The van der Waals surface area contributed by atoms with Gasteiger partial charge in [0, 0.05) is 11.7 Å². The van der Waals surface area contributed by atoms with E-state index < -0.39 is 0 Å². The lowest BCUT2D eigenvalue weighted by Crippen LogP contribution is -2.28. The van der Waals surface area contributed by atoms with E-state index in [1.165, 1.54) is 12.8 Å². The Morgan fingerprint density at radius 3 is 2.84 bits per heavy atom. The van der Waals surface area contributed by atoms with Gasteiger partial charge in [-0.3, -0.25) is 0 Å². The first-order valence-corrected chi connectivity index (χ1v) is 7.19. The Morgan fingerprint density at radius 1 is 1.37 bits per heavy atom. The molecule has 4 unspecified atom stereocenters. The summed E-state index contributed by atoms with van der Waals surface area (Å²) in [6.45, 7) is 2.24. The molecule has 0 spiro atoms. The van der Waals surface area contributed by atoms with Gasteiger partial charge >= 0.3 is 0 Å². The smallest absolute Gasteiger partial charge is 0.101 e. The molecule has 1 aromatic rings. The van der Waals surface area contributed by atoms with Crippen LogP contribution in [-0.2, 0) is 0 Å². The van der Waals surface area contributed by atoms with E-state index in [9.17, 15) is 0 Å². The Balaban J connectivity index is 1.71. The monoisotopic (exact) mass is 272 g/mol. The summed E-state index contributed by atoms with van der Waals surface area (Å²) in [6.07, 6.45) is 7.35. The van der Waals surface area contributed by atoms with Gasteiger partial charge in [-0.1, -0.05) is 23.8 Å². The van der Waals surface area contributed by atoms with Crippen LogP contribution in [0.15, 0.2) is 30.4 Å². The minimum atomic E-state index is 0.424. The summed E-state index contributed by atoms with van der Waals surface area (Å²) in [4.78, 5) is 0. The molecular formula is C16H17ClN2. The van der Waals surface area contributed by atoms with Crippen molar-refractivity contribution in [3.63, 3.8) is 0 Å². The molecule has 3 rings (SSSR count). The van der Waals surface area contributed by atoms with Crippen LogP contribution in [0.1, 0.15) is 25.3 Å². The third kappa shape index (κ3) is 2.35. The van der Waals surface area contributed by atoms with Gasteiger partial charge in [-0.25, -0.2) is 0 Å². The first-order chi connectivity index (χ1) is 9.17. The number of allylic oxidation sites excluding steroid dienone is 2. The maximum atomic E-state index is 9.00. The molecule has 1 fully saturated rings. The number of nitrogens with zero attached hydrogens (tertiary/aromatic N) is 1. The van der Waals surface area contributed by atoms with Crippen molar-refractivity contribution in [2.24, 2.45) is 17.8 Å². The number of benzene rings is 1. The van der Waals surface area contributed by atoms with Gasteiger partial charge in [0.2, 0.25) is 0 Å². The number of nitriles is 1. The van der Waals surface area contributed by atoms with E-state index >= 15 is 0 Å². The average molecular weight is 273 g/mol. The van der Waals surface area contributed by atoms with Crippen LogP contribution >= 0.6 is 11.6 Å². The molecule has 1 aromatic carbocycles. The lowest BCUT2D eigenvalue weighted by atomic mass is 9.87. The molecule has 0 heterocycles. The van der Waals surface area contributed by atoms with E-state index in [0.717, 1.165) is 17.5 Å². The highest BCUT2D eigenvalue weighted by atomic mass is 35.5. The second-order valence-corrected chi connectivity index (χ2v) is 6.09. The summed E-state index contributed by atoms with van der Waals surface area (Å²) in [5.41, 5.74) is 1.52. The van der Waals surface area contributed by atoms with Crippen LogP contribution in [0.3, 0.4) is 0 Å². The summed E-state index contributed by atoms with van der Waals surface area (Å²) in [6, 6.07) is 8.12. The van der Waals surface area contributed by atoms with Gasteiger partial charge < -0.3 is 5.32 Å². The van der Waals surface area contributed by atoms with Crippen LogP contribution in [0.4, 0.5) is 5.69 Å². The number of rotatable bonds is 3. The van der Waals surface area contributed by atoms with Crippen molar-refractivity contribution in [2.45, 2.75) is 25.8 Å². The van der Waals surface area contributed by atoms with E-state index in [1.807, 2.05) is 12.1 Å². The van der Waals surface area contributed by atoms with Gasteiger partial charge in [0.1, 0.15) is 6.07 Å². The number of halogens is 1. The molecule has 2 aliphatic carbocycles. The highest BCUT2D eigenvalue weighted by molar-refractivity contribution is 6.31. The average Bonchev–Trinajstić information content (AvgIpc) is 3.03. The molecule has 3 heteroatoms. The minimum Gasteiger partial charge on any atom is -0.382 e. The fraction of sp³-hybridized carbons (Fsp3) is 0.438. The number of hydrogen-bond acceptors (Lipinski definition) is 2. The van der Waals surface area contributed by atoms with Crippen LogP contribution in [0.2, 0.25) is 5.02 Å². The lowest BCUT2D eigenvalue weighted by molar-refractivity contribution is 0.400. The quantitative estimate of drug-likeness (QED) is 0.836. The van der Waals surface area contributed by atoms with E-state index in [1.54, 1.807) is 6.07 Å². The first kappa shape index (κ1) is 12.6. The van der Waals surface area contributed by atoms with E-state index in [2.05, 4.69) is 30.5 Å². The van der Waals surface area contributed by atoms with Crippen LogP contribution in [0.25, 0.3) is 0 Å². The second-order valence-electron chi connectivity index (χ2n) is 5.68. The van der Waals surface area contributed by atoms with Gasteiger partial charge in [0.15, 0.2) is 0 Å². The maximum Gasteiger partial charge on any atom is 0.101 e. The third-order valence-electron chi connectivity index (χ3n) is 4.45. The molecule has 19 heavy (non-hydrogen) atoms. The fourth-order valence-corrected chi connectivity index (χ4v) is 3.63. The summed E-state index contributed by atoms with van der Waals surface area (Å²) in [7, 11) is 0. The summed E-state index contributed by atoms with van der Waals surface area (Å²) >= 11 is 5.95. The molecular weight excluding hydrogens is 256 g/mol. The van der Waals surface area contributed by atoms with Gasteiger partial charge in [0.25, 0.3) is 0 Å². The minimum absolute atomic E-state index is 0.424. The fourth-order valence-electron chi connectivity index (χ4n) is 3.47. The second kappa shape index (κ2) is 4.90. The van der Waals surface area contributed by atoms with Gasteiger partial charge in [-0.05, 0) is 55.7 Å². The van der Waals surface area contributed by atoms with Crippen molar-refractivity contribution in [1.82, 2.24) is 0 Å². The molecule has 4 atom stereocenters. The zero-order valence-corrected chi connectivity index (χ0v) is 11.7. The normalized spacial score (nSPS) is 29.2. The molecule has 2 aliphatic rings. The highest BCUT2D eigenvalue weighted by Crippen LogP contribution is 2.45. The molecule has 0 radical (unpaired) electrons. The summed E-state index contributed by atoms with van der Waals surface area (Å²) in [5, 5.41) is 13.0. The van der Waals surface area contributed by atoms with Gasteiger partial charge in [-0.2, -0.15) is 5.26 Å². The Kier molecular flexibility index (Phi) is 3.24. The van der Waals surface area contributed by atoms with E-state index in [-0.39, 0.29) is 0 Å². The third-order valence-corrected chi connectivity index (χ3v) is 4.78. The Bertz CT molecular complexity index is 558. The molecule has 0 aromatic heterocycles. The van der Waals surface area contributed by atoms with Gasteiger partial charge in [-0.15, -0.1) is 0 Å². The molecule has 0 saturated heterocycles. The Hall–Kier alpha value is -1.46. The Labute approximate surface area is 119 Å². The van der Waals surface area contributed by atoms with Crippen molar-refractivity contribution in [2.75, 3.05) is 5.32 Å². The molecule has 0 amide bonds. The largest absolute Gasteiger partial charge is 0.382 e. The van der Waals surface area contributed by atoms with Crippen molar-refractivity contribution < 1.29 is 0 Å². The number of anilines is 1. The van der Waals surface area contributed by atoms with Crippen LogP contribution in [0, 0.1) is 29.1 Å². The molecule has 1 saturated carbocycles. The Morgan fingerprint density at radius 2 is 2.21 bits per heavy atom. The molecule has 2 bridgehead atoms. The van der Waals surface area contributed by atoms with Crippen LogP contribution in [0.5, 0.6) is 0 Å².